The number of hydrogen-bond donors (Lipinski definition) is 2. The van der Waals surface area contributed by atoms with E-state index in [2.05, 4.69) is 33.2 Å². The zero-order valence-electron chi connectivity index (χ0n) is 12.0. The van der Waals surface area contributed by atoms with Crippen molar-refractivity contribution >= 4 is 51.5 Å². The van der Waals surface area contributed by atoms with Crippen molar-refractivity contribution in [3.05, 3.63) is 51.6 Å². The summed E-state index contributed by atoms with van der Waals surface area (Å²) in [5.74, 6) is 0.915. The van der Waals surface area contributed by atoms with Gasteiger partial charge in [-0.1, -0.05) is 12.1 Å². The SMILES string of the molecule is O=C(NC(=S)Nc1ccccc1I)c1ccc2c(c1)OCCO2. The van der Waals surface area contributed by atoms with E-state index < -0.39 is 0 Å². The molecule has 0 fully saturated rings. The van der Waals surface area contributed by atoms with Crippen molar-refractivity contribution in [1.82, 2.24) is 5.32 Å². The summed E-state index contributed by atoms with van der Waals surface area (Å²) in [4.78, 5) is 12.3. The molecule has 3 rings (SSSR count). The topological polar surface area (TPSA) is 59.6 Å². The average molecular weight is 440 g/mol. The van der Waals surface area contributed by atoms with Gasteiger partial charge in [-0.15, -0.1) is 0 Å². The van der Waals surface area contributed by atoms with Crippen LogP contribution in [0.4, 0.5) is 5.69 Å². The molecule has 0 saturated heterocycles. The first kappa shape index (κ1) is 16.0. The molecule has 1 aliphatic heterocycles. The number of benzene rings is 2. The number of anilines is 1. The van der Waals surface area contributed by atoms with Gasteiger partial charge in [0, 0.05) is 9.13 Å². The zero-order valence-corrected chi connectivity index (χ0v) is 14.9. The molecule has 2 aromatic rings. The van der Waals surface area contributed by atoms with E-state index in [0.29, 0.717) is 30.3 Å². The second kappa shape index (κ2) is 7.14. The molecule has 1 heterocycles. The molecule has 1 amide bonds. The van der Waals surface area contributed by atoms with Gasteiger partial charge >= 0.3 is 0 Å². The quantitative estimate of drug-likeness (QED) is 0.555. The Labute approximate surface area is 152 Å². The maximum Gasteiger partial charge on any atom is 0.257 e. The molecule has 0 bridgehead atoms. The molecular weight excluding hydrogens is 427 g/mol. The second-order valence-corrected chi connectivity index (χ2v) is 6.32. The zero-order chi connectivity index (χ0) is 16.2. The van der Waals surface area contributed by atoms with Gasteiger partial charge in [0.15, 0.2) is 16.6 Å². The maximum atomic E-state index is 12.3. The molecule has 7 heteroatoms. The number of ether oxygens (including phenoxy) is 2. The van der Waals surface area contributed by atoms with E-state index in [0.717, 1.165) is 9.26 Å². The highest BCUT2D eigenvalue weighted by molar-refractivity contribution is 14.1. The molecule has 23 heavy (non-hydrogen) atoms. The molecular formula is C16H13IN2O3S. The minimum Gasteiger partial charge on any atom is -0.486 e. The van der Waals surface area contributed by atoms with Gasteiger partial charge in [0.1, 0.15) is 13.2 Å². The van der Waals surface area contributed by atoms with Crippen LogP contribution in [0.3, 0.4) is 0 Å². The number of para-hydroxylation sites is 1. The highest BCUT2D eigenvalue weighted by atomic mass is 127. The van der Waals surface area contributed by atoms with Gasteiger partial charge in [-0.2, -0.15) is 0 Å². The fraction of sp³-hybridized carbons (Fsp3) is 0.125. The molecule has 1 aliphatic rings. The largest absolute Gasteiger partial charge is 0.486 e. The van der Waals surface area contributed by atoms with E-state index in [1.807, 2.05) is 24.3 Å². The third-order valence-electron chi connectivity index (χ3n) is 3.15. The average Bonchev–Trinajstić information content (AvgIpc) is 2.56. The smallest absolute Gasteiger partial charge is 0.257 e. The van der Waals surface area contributed by atoms with Gasteiger partial charge in [0.25, 0.3) is 5.91 Å². The van der Waals surface area contributed by atoms with Gasteiger partial charge in [-0.25, -0.2) is 0 Å². The predicted molar refractivity (Wildman–Crippen MR) is 100 cm³/mol. The Morgan fingerprint density at radius 3 is 2.61 bits per heavy atom. The van der Waals surface area contributed by atoms with Crippen LogP contribution >= 0.6 is 34.8 Å². The molecule has 0 aliphatic carbocycles. The van der Waals surface area contributed by atoms with Gasteiger partial charge in [-0.3, -0.25) is 10.1 Å². The van der Waals surface area contributed by atoms with Crippen LogP contribution in [-0.4, -0.2) is 24.2 Å². The van der Waals surface area contributed by atoms with E-state index in [9.17, 15) is 4.79 Å². The summed E-state index contributed by atoms with van der Waals surface area (Å²) in [5.41, 5.74) is 1.31. The van der Waals surface area contributed by atoms with E-state index in [4.69, 9.17) is 21.7 Å². The molecule has 0 spiro atoms. The van der Waals surface area contributed by atoms with E-state index in [-0.39, 0.29) is 11.0 Å². The first-order chi connectivity index (χ1) is 11.1. The van der Waals surface area contributed by atoms with Crippen LogP contribution in [-0.2, 0) is 0 Å². The summed E-state index contributed by atoms with van der Waals surface area (Å²) in [5, 5.41) is 5.91. The number of carbonyl (C=O) groups excluding carboxylic acids is 1. The van der Waals surface area contributed by atoms with E-state index in [1.165, 1.54) is 0 Å². The lowest BCUT2D eigenvalue weighted by Crippen LogP contribution is -2.34. The monoisotopic (exact) mass is 440 g/mol. The third kappa shape index (κ3) is 3.91. The Hall–Kier alpha value is -1.87. The number of fused-ring (bicyclic) bond motifs is 1. The van der Waals surface area contributed by atoms with Crippen LogP contribution in [0.5, 0.6) is 11.5 Å². The molecule has 118 valence electrons. The van der Waals surface area contributed by atoms with Crippen molar-refractivity contribution < 1.29 is 14.3 Å². The molecule has 0 aromatic heterocycles. The standard InChI is InChI=1S/C16H13IN2O3S/c17-11-3-1-2-4-12(11)18-16(23)19-15(20)10-5-6-13-14(9-10)22-8-7-21-13/h1-6,9H,7-8H2,(H2,18,19,20,23). The Bertz CT molecular complexity index is 767. The van der Waals surface area contributed by atoms with Crippen LogP contribution in [0, 0.1) is 3.57 Å². The van der Waals surface area contributed by atoms with Crippen molar-refractivity contribution in [3.63, 3.8) is 0 Å². The van der Waals surface area contributed by atoms with Crippen LogP contribution < -0.4 is 20.1 Å². The van der Waals surface area contributed by atoms with Crippen LogP contribution in [0.15, 0.2) is 42.5 Å². The first-order valence-corrected chi connectivity index (χ1v) is 8.39. The number of amides is 1. The van der Waals surface area contributed by atoms with Gasteiger partial charge in [-0.05, 0) is 65.1 Å². The van der Waals surface area contributed by atoms with E-state index in [1.54, 1.807) is 18.2 Å². The van der Waals surface area contributed by atoms with Gasteiger partial charge < -0.3 is 14.8 Å². The second-order valence-electron chi connectivity index (χ2n) is 4.75. The lowest BCUT2D eigenvalue weighted by Gasteiger charge is -2.18. The number of halogens is 1. The Balaban J connectivity index is 1.67. The third-order valence-corrected chi connectivity index (χ3v) is 4.30. The van der Waals surface area contributed by atoms with Crippen molar-refractivity contribution in [1.29, 1.82) is 0 Å². The van der Waals surface area contributed by atoms with Gasteiger partial charge in [0.05, 0.1) is 5.69 Å². The molecule has 0 saturated carbocycles. The fourth-order valence-corrected chi connectivity index (χ4v) is 2.80. The van der Waals surface area contributed by atoms with Crippen LogP contribution in [0.1, 0.15) is 10.4 Å². The summed E-state index contributed by atoms with van der Waals surface area (Å²) in [6, 6.07) is 12.7. The van der Waals surface area contributed by atoms with Crippen LogP contribution in [0.25, 0.3) is 0 Å². The fourth-order valence-electron chi connectivity index (χ4n) is 2.08. The normalized spacial score (nSPS) is 12.4. The van der Waals surface area contributed by atoms with E-state index >= 15 is 0 Å². The van der Waals surface area contributed by atoms with Crippen molar-refractivity contribution in [3.8, 4) is 11.5 Å². The number of rotatable bonds is 2. The molecule has 2 N–H and O–H groups in total. The number of carbonyl (C=O) groups is 1. The molecule has 0 atom stereocenters. The summed E-state index contributed by atoms with van der Waals surface area (Å²) in [7, 11) is 0. The predicted octanol–water partition coefficient (Wildman–Crippen LogP) is 3.19. The van der Waals surface area contributed by atoms with Gasteiger partial charge in [0.2, 0.25) is 0 Å². The minimum absolute atomic E-state index is 0.244. The lowest BCUT2D eigenvalue weighted by molar-refractivity contribution is 0.0976. The Morgan fingerprint density at radius 1 is 1.09 bits per heavy atom. The number of nitrogens with one attached hydrogen (secondary N) is 2. The number of hydrogen-bond acceptors (Lipinski definition) is 4. The number of thiocarbonyl (C=S) groups is 1. The van der Waals surface area contributed by atoms with Crippen molar-refractivity contribution in [2.45, 2.75) is 0 Å². The summed E-state index contributed by atoms with van der Waals surface area (Å²) in [6.45, 7) is 0.993. The molecule has 5 nitrogen and oxygen atoms in total. The summed E-state index contributed by atoms with van der Waals surface area (Å²) < 4.78 is 11.9. The molecule has 0 radical (unpaired) electrons. The minimum atomic E-state index is -0.301. The first-order valence-electron chi connectivity index (χ1n) is 6.90. The maximum absolute atomic E-state index is 12.3. The highest BCUT2D eigenvalue weighted by Crippen LogP contribution is 2.30. The summed E-state index contributed by atoms with van der Waals surface area (Å²) in [6.07, 6.45) is 0. The van der Waals surface area contributed by atoms with Crippen LogP contribution in [0.2, 0.25) is 0 Å². The Kier molecular flexibility index (Phi) is 4.97. The van der Waals surface area contributed by atoms with Crippen molar-refractivity contribution in [2.24, 2.45) is 0 Å². The Morgan fingerprint density at radius 2 is 1.83 bits per heavy atom. The highest BCUT2D eigenvalue weighted by Gasteiger charge is 2.15. The van der Waals surface area contributed by atoms with Crippen molar-refractivity contribution in [2.75, 3.05) is 18.5 Å². The summed E-state index contributed by atoms with van der Waals surface area (Å²) >= 11 is 7.39. The lowest BCUT2D eigenvalue weighted by atomic mass is 10.2. The molecule has 2 aromatic carbocycles. The molecule has 0 unspecified atom stereocenters.